The van der Waals surface area contributed by atoms with Gasteiger partial charge in [-0.1, -0.05) is 61.8 Å². The van der Waals surface area contributed by atoms with E-state index in [-0.39, 0.29) is 0 Å². The largest absolute Gasteiger partial charge is 0.307 e. The summed E-state index contributed by atoms with van der Waals surface area (Å²) in [5, 5.41) is 3.81. The molecule has 0 aromatic heterocycles. The lowest BCUT2D eigenvalue weighted by molar-refractivity contribution is 0.335. The Hall–Kier alpha value is -0.340. The maximum absolute atomic E-state index is 3.81. The molecule has 1 nitrogen and oxygen atoms in total. The third-order valence-corrected chi connectivity index (χ3v) is 4.09. The number of hydrogen-bond acceptors (Lipinski definition) is 1. The number of rotatable bonds is 7. The van der Waals surface area contributed by atoms with Crippen molar-refractivity contribution in [3.63, 3.8) is 0 Å². The van der Waals surface area contributed by atoms with Gasteiger partial charge in [-0.25, -0.2) is 0 Å². The molecule has 1 aromatic carbocycles. The predicted octanol–water partition coefficient (Wildman–Crippen LogP) is 5.56. The Labute approximate surface area is 127 Å². The molecule has 0 aliphatic rings. The fourth-order valence-corrected chi connectivity index (χ4v) is 3.27. The molecular formula is C17H28BrN. The van der Waals surface area contributed by atoms with Crippen LogP contribution in [0.5, 0.6) is 0 Å². The van der Waals surface area contributed by atoms with Crippen molar-refractivity contribution in [2.24, 2.45) is 11.8 Å². The molecule has 108 valence electrons. The highest BCUT2D eigenvalue weighted by atomic mass is 79.9. The Morgan fingerprint density at radius 1 is 0.947 bits per heavy atom. The molecule has 1 unspecified atom stereocenters. The van der Waals surface area contributed by atoms with Crippen molar-refractivity contribution < 1.29 is 0 Å². The first-order valence-corrected chi connectivity index (χ1v) is 8.20. The lowest BCUT2D eigenvalue weighted by atomic mass is 9.94. The quantitative estimate of drug-likeness (QED) is 0.691. The van der Waals surface area contributed by atoms with Crippen molar-refractivity contribution in [3.05, 3.63) is 34.3 Å². The van der Waals surface area contributed by atoms with Crippen LogP contribution in [0, 0.1) is 11.8 Å². The number of benzene rings is 1. The van der Waals surface area contributed by atoms with Crippen LogP contribution < -0.4 is 5.32 Å². The summed E-state index contributed by atoms with van der Waals surface area (Å²) in [6, 6.07) is 9.48. The van der Waals surface area contributed by atoms with Gasteiger partial charge in [0, 0.05) is 16.6 Å². The van der Waals surface area contributed by atoms with Crippen LogP contribution in [0.2, 0.25) is 0 Å². The Morgan fingerprint density at radius 2 is 1.47 bits per heavy atom. The van der Waals surface area contributed by atoms with Crippen LogP contribution in [0.15, 0.2) is 28.7 Å². The molecule has 19 heavy (non-hydrogen) atoms. The zero-order valence-electron chi connectivity index (χ0n) is 12.9. The zero-order valence-corrected chi connectivity index (χ0v) is 14.5. The van der Waals surface area contributed by atoms with E-state index in [9.17, 15) is 0 Å². The highest BCUT2D eigenvalue weighted by Crippen LogP contribution is 2.25. The maximum atomic E-state index is 3.81. The van der Waals surface area contributed by atoms with Gasteiger partial charge in [-0.15, -0.1) is 0 Å². The van der Waals surface area contributed by atoms with Crippen molar-refractivity contribution in [1.29, 1.82) is 0 Å². The van der Waals surface area contributed by atoms with Gasteiger partial charge in [0.15, 0.2) is 0 Å². The van der Waals surface area contributed by atoms with E-state index in [0.717, 1.165) is 11.8 Å². The van der Waals surface area contributed by atoms with Crippen LogP contribution >= 0.6 is 15.9 Å². The third kappa shape index (κ3) is 6.09. The monoisotopic (exact) mass is 325 g/mol. The molecule has 1 aromatic rings. The van der Waals surface area contributed by atoms with E-state index in [1.54, 1.807) is 0 Å². The standard InChI is InChI=1S/C17H28BrN/c1-12(2)10-15(11-13(3)4)19-14(5)16-8-6-7-9-17(16)18/h6-9,12-15,19H,10-11H2,1-5H3. The molecule has 0 saturated heterocycles. The summed E-state index contributed by atoms with van der Waals surface area (Å²) >= 11 is 3.65. The topological polar surface area (TPSA) is 12.0 Å². The van der Waals surface area contributed by atoms with Crippen LogP contribution in [-0.4, -0.2) is 6.04 Å². The van der Waals surface area contributed by atoms with Crippen LogP contribution in [0.4, 0.5) is 0 Å². The van der Waals surface area contributed by atoms with Crippen molar-refractivity contribution >= 4 is 15.9 Å². The molecule has 1 rings (SSSR count). The molecule has 0 bridgehead atoms. The number of nitrogens with one attached hydrogen (secondary N) is 1. The van der Waals surface area contributed by atoms with Crippen molar-refractivity contribution in [1.82, 2.24) is 5.32 Å². The second kappa shape index (κ2) is 8.06. The van der Waals surface area contributed by atoms with E-state index >= 15 is 0 Å². The summed E-state index contributed by atoms with van der Waals surface area (Å²) in [5.74, 6) is 1.48. The number of hydrogen-bond donors (Lipinski definition) is 1. The van der Waals surface area contributed by atoms with Gasteiger partial charge >= 0.3 is 0 Å². The summed E-state index contributed by atoms with van der Waals surface area (Å²) in [7, 11) is 0. The summed E-state index contributed by atoms with van der Waals surface area (Å²) in [5.41, 5.74) is 1.35. The zero-order chi connectivity index (χ0) is 14.4. The molecule has 1 atom stereocenters. The highest BCUT2D eigenvalue weighted by Gasteiger charge is 2.17. The second-order valence-electron chi connectivity index (χ2n) is 6.37. The fourth-order valence-electron chi connectivity index (χ4n) is 2.64. The van der Waals surface area contributed by atoms with Crippen molar-refractivity contribution in [3.8, 4) is 0 Å². The lowest BCUT2D eigenvalue weighted by Crippen LogP contribution is -2.34. The summed E-state index contributed by atoms with van der Waals surface area (Å²) in [4.78, 5) is 0. The van der Waals surface area contributed by atoms with Crippen LogP contribution in [0.25, 0.3) is 0 Å². The Morgan fingerprint density at radius 3 is 1.95 bits per heavy atom. The molecule has 0 radical (unpaired) electrons. The van der Waals surface area contributed by atoms with Gasteiger partial charge in [0.1, 0.15) is 0 Å². The molecule has 0 heterocycles. The smallest absolute Gasteiger partial charge is 0.0305 e. The maximum Gasteiger partial charge on any atom is 0.0305 e. The molecule has 0 spiro atoms. The minimum Gasteiger partial charge on any atom is -0.307 e. The normalized spacial score (nSPS) is 13.5. The molecule has 1 N–H and O–H groups in total. The van der Waals surface area contributed by atoms with Gasteiger partial charge in [-0.05, 0) is 43.2 Å². The molecule has 0 aliphatic carbocycles. The van der Waals surface area contributed by atoms with E-state index in [1.165, 1.54) is 22.9 Å². The molecule has 0 saturated carbocycles. The third-order valence-electron chi connectivity index (χ3n) is 3.37. The predicted molar refractivity (Wildman–Crippen MR) is 88.4 cm³/mol. The Kier molecular flexibility index (Phi) is 7.09. The average molecular weight is 326 g/mol. The first-order valence-electron chi connectivity index (χ1n) is 7.40. The van der Waals surface area contributed by atoms with Gasteiger partial charge in [-0.3, -0.25) is 0 Å². The first-order chi connectivity index (χ1) is 8.90. The van der Waals surface area contributed by atoms with E-state index < -0.39 is 0 Å². The van der Waals surface area contributed by atoms with Gasteiger partial charge < -0.3 is 5.32 Å². The van der Waals surface area contributed by atoms with Crippen molar-refractivity contribution in [2.75, 3.05) is 0 Å². The second-order valence-corrected chi connectivity index (χ2v) is 7.22. The van der Waals surface area contributed by atoms with Crippen molar-refractivity contribution in [2.45, 2.75) is 59.5 Å². The summed E-state index contributed by atoms with van der Waals surface area (Å²) in [6.07, 6.45) is 2.49. The number of halogens is 1. The van der Waals surface area contributed by atoms with E-state index in [0.29, 0.717) is 12.1 Å². The van der Waals surface area contributed by atoms with Crippen LogP contribution in [0.3, 0.4) is 0 Å². The molecule has 0 aliphatic heterocycles. The summed E-state index contributed by atoms with van der Waals surface area (Å²) < 4.78 is 1.20. The van der Waals surface area contributed by atoms with E-state index in [2.05, 4.69) is 80.1 Å². The van der Waals surface area contributed by atoms with Gasteiger partial charge in [0.05, 0.1) is 0 Å². The SMILES string of the molecule is CC(C)CC(CC(C)C)NC(C)c1ccccc1Br. The molecule has 0 fully saturated rings. The first kappa shape index (κ1) is 16.7. The fraction of sp³-hybridized carbons (Fsp3) is 0.647. The Balaban J connectivity index is 2.70. The van der Waals surface area contributed by atoms with Gasteiger partial charge in [0.25, 0.3) is 0 Å². The summed E-state index contributed by atoms with van der Waals surface area (Å²) in [6.45, 7) is 11.5. The Bertz CT molecular complexity index is 363. The highest BCUT2D eigenvalue weighted by molar-refractivity contribution is 9.10. The molecule has 0 amide bonds. The minimum absolute atomic E-state index is 0.387. The lowest BCUT2D eigenvalue weighted by Gasteiger charge is -2.27. The van der Waals surface area contributed by atoms with Crippen LogP contribution in [0.1, 0.15) is 59.1 Å². The average Bonchev–Trinajstić information content (AvgIpc) is 2.27. The van der Waals surface area contributed by atoms with Gasteiger partial charge in [-0.2, -0.15) is 0 Å². The van der Waals surface area contributed by atoms with Gasteiger partial charge in [0.2, 0.25) is 0 Å². The van der Waals surface area contributed by atoms with Crippen LogP contribution in [-0.2, 0) is 0 Å². The van der Waals surface area contributed by atoms with E-state index in [1.807, 2.05) is 0 Å². The minimum atomic E-state index is 0.387. The van der Waals surface area contributed by atoms with E-state index in [4.69, 9.17) is 0 Å². The molecular weight excluding hydrogens is 298 g/mol. The molecule has 2 heteroatoms.